The average molecular weight is 448 g/mol. The number of rotatable bonds is 2. The van der Waals surface area contributed by atoms with E-state index < -0.39 is 23.6 Å². The van der Waals surface area contributed by atoms with Gasteiger partial charge in [0.15, 0.2) is 0 Å². The Kier molecular flexibility index (Phi) is 5.34. The van der Waals surface area contributed by atoms with Crippen LogP contribution in [0.4, 0.5) is 13.2 Å². The molecule has 1 aliphatic rings. The lowest BCUT2D eigenvalue weighted by Crippen LogP contribution is -2.42. The fourth-order valence-corrected chi connectivity index (χ4v) is 4.35. The summed E-state index contributed by atoms with van der Waals surface area (Å²) in [4.78, 5) is 31.7. The van der Waals surface area contributed by atoms with E-state index in [0.717, 1.165) is 11.8 Å². The molecule has 0 bridgehead atoms. The molecule has 3 aromatic rings. The van der Waals surface area contributed by atoms with Gasteiger partial charge in [0, 0.05) is 31.7 Å². The van der Waals surface area contributed by atoms with Crippen LogP contribution in [0, 0.1) is 20.8 Å². The highest BCUT2D eigenvalue weighted by Crippen LogP contribution is 2.38. The zero-order valence-corrected chi connectivity index (χ0v) is 18.2. The minimum Gasteiger partial charge on any atom is -0.338 e. The molecule has 1 fully saturated rings. The van der Waals surface area contributed by atoms with Crippen molar-refractivity contribution in [3.63, 3.8) is 0 Å². The fraction of sp³-hybridized carbons (Fsp3) is 0.455. The Bertz CT molecular complexity index is 1280. The number of carbonyl (C=O) groups excluding carboxylic acids is 1. The molecule has 32 heavy (non-hydrogen) atoms. The lowest BCUT2D eigenvalue weighted by Gasteiger charge is -2.33. The van der Waals surface area contributed by atoms with Crippen LogP contribution in [0.15, 0.2) is 21.5 Å². The molecule has 1 saturated heterocycles. The van der Waals surface area contributed by atoms with E-state index >= 15 is 0 Å². The molecule has 4 heterocycles. The van der Waals surface area contributed by atoms with Gasteiger partial charge in [-0.05, 0) is 51.3 Å². The zero-order valence-electron chi connectivity index (χ0n) is 18.2. The number of nitrogens with zero attached hydrogens (tertiary/aromatic N) is 4. The number of likely N-dealkylation sites (tertiary alicyclic amines) is 1. The third-order valence-corrected chi connectivity index (χ3v) is 6.15. The molecular weight excluding hydrogens is 425 g/mol. The van der Waals surface area contributed by atoms with E-state index in [-0.39, 0.29) is 40.2 Å². The van der Waals surface area contributed by atoms with Crippen molar-refractivity contribution >= 4 is 17.0 Å². The van der Waals surface area contributed by atoms with E-state index in [9.17, 15) is 22.8 Å². The van der Waals surface area contributed by atoms with Gasteiger partial charge < -0.3 is 14.0 Å². The van der Waals surface area contributed by atoms with Crippen LogP contribution in [0.5, 0.6) is 0 Å². The number of pyridine rings is 2. The second-order valence-corrected chi connectivity index (χ2v) is 8.34. The predicted octanol–water partition coefficient (Wildman–Crippen LogP) is 3.89. The molecule has 0 unspecified atom stereocenters. The van der Waals surface area contributed by atoms with Crippen LogP contribution >= 0.6 is 0 Å². The SMILES string of the molecule is Cc1cc(C)n(C)c(=O)c1C(=O)N1CCC[C@@H](c2cc(C(F)(F)F)c3c(C)noc3n2)C1. The van der Waals surface area contributed by atoms with Gasteiger partial charge in [0.25, 0.3) is 17.2 Å². The van der Waals surface area contributed by atoms with E-state index in [1.54, 1.807) is 27.0 Å². The molecule has 0 aliphatic carbocycles. The maximum Gasteiger partial charge on any atom is 0.417 e. The molecule has 0 radical (unpaired) electrons. The Labute approximate surface area is 181 Å². The van der Waals surface area contributed by atoms with Gasteiger partial charge in [0.1, 0.15) is 5.56 Å². The monoisotopic (exact) mass is 448 g/mol. The summed E-state index contributed by atoms with van der Waals surface area (Å²) in [5.74, 6) is -0.835. The standard InChI is InChI=1S/C22H23F3N4O3/c1-11-8-12(2)28(4)20(30)17(11)21(31)29-7-5-6-14(10-29)16-9-15(22(23,24)25)18-13(3)27-32-19(18)26-16/h8-9,14H,5-7,10H2,1-4H3/t14-/m1/s1. The third-order valence-electron chi connectivity index (χ3n) is 6.15. The Morgan fingerprint density at radius 2 is 1.94 bits per heavy atom. The molecule has 1 amide bonds. The van der Waals surface area contributed by atoms with Crippen molar-refractivity contribution in [3.05, 3.63) is 56.3 Å². The van der Waals surface area contributed by atoms with E-state index in [4.69, 9.17) is 4.52 Å². The summed E-state index contributed by atoms with van der Waals surface area (Å²) in [6.07, 6.45) is -3.45. The van der Waals surface area contributed by atoms with Crippen LogP contribution in [0.25, 0.3) is 11.1 Å². The van der Waals surface area contributed by atoms with E-state index in [1.807, 2.05) is 0 Å². The molecule has 0 spiro atoms. The smallest absolute Gasteiger partial charge is 0.338 e. The maximum absolute atomic E-state index is 13.7. The van der Waals surface area contributed by atoms with Crippen molar-refractivity contribution < 1.29 is 22.5 Å². The normalized spacial score (nSPS) is 17.2. The minimum absolute atomic E-state index is 0.0870. The van der Waals surface area contributed by atoms with Crippen molar-refractivity contribution in [2.45, 2.75) is 45.7 Å². The maximum atomic E-state index is 13.7. The number of aromatic nitrogens is 3. The average Bonchev–Trinajstić information content (AvgIpc) is 3.11. The highest BCUT2D eigenvalue weighted by atomic mass is 19.4. The summed E-state index contributed by atoms with van der Waals surface area (Å²) in [5.41, 5.74) is 0.329. The summed E-state index contributed by atoms with van der Waals surface area (Å²) in [5, 5.41) is 3.49. The van der Waals surface area contributed by atoms with Crippen LogP contribution in [0.1, 0.15) is 57.3 Å². The molecular formula is C22H23F3N4O3. The van der Waals surface area contributed by atoms with Gasteiger partial charge in [-0.25, -0.2) is 4.98 Å². The van der Waals surface area contributed by atoms with Gasteiger partial charge in [-0.15, -0.1) is 0 Å². The van der Waals surface area contributed by atoms with Crippen molar-refractivity contribution in [3.8, 4) is 0 Å². The van der Waals surface area contributed by atoms with Crippen molar-refractivity contribution in [1.82, 2.24) is 19.6 Å². The molecule has 0 N–H and O–H groups in total. The van der Waals surface area contributed by atoms with Gasteiger partial charge in [-0.3, -0.25) is 9.59 Å². The summed E-state index contributed by atoms with van der Waals surface area (Å²) in [6.45, 7) is 5.51. The van der Waals surface area contributed by atoms with Crippen LogP contribution < -0.4 is 5.56 Å². The first-order valence-corrected chi connectivity index (χ1v) is 10.3. The quantitative estimate of drug-likeness (QED) is 0.594. The topological polar surface area (TPSA) is 81.2 Å². The molecule has 4 rings (SSSR count). The molecule has 3 aromatic heterocycles. The van der Waals surface area contributed by atoms with Crippen molar-refractivity contribution in [2.24, 2.45) is 7.05 Å². The number of carbonyl (C=O) groups is 1. The highest BCUT2D eigenvalue weighted by Gasteiger charge is 2.37. The van der Waals surface area contributed by atoms with Gasteiger partial charge in [-0.1, -0.05) is 5.16 Å². The molecule has 0 aromatic carbocycles. The first kappa shape index (κ1) is 22.0. The van der Waals surface area contributed by atoms with Crippen LogP contribution in [0.3, 0.4) is 0 Å². The molecule has 10 heteroatoms. The first-order valence-electron chi connectivity index (χ1n) is 10.3. The highest BCUT2D eigenvalue weighted by molar-refractivity contribution is 5.95. The lowest BCUT2D eigenvalue weighted by molar-refractivity contribution is -0.136. The predicted molar refractivity (Wildman–Crippen MR) is 111 cm³/mol. The lowest BCUT2D eigenvalue weighted by atomic mass is 9.92. The summed E-state index contributed by atoms with van der Waals surface area (Å²) < 4.78 is 47.6. The van der Waals surface area contributed by atoms with Crippen LogP contribution in [-0.2, 0) is 13.2 Å². The van der Waals surface area contributed by atoms with E-state index in [2.05, 4.69) is 10.1 Å². The number of amides is 1. The number of fused-ring (bicyclic) bond motifs is 1. The number of hydrogen-bond acceptors (Lipinski definition) is 5. The van der Waals surface area contributed by atoms with E-state index in [1.165, 1.54) is 16.4 Å². The molecule has 7 nitrogen and oxygen atoms in total. The molecule has 0 saturated carbocycles. The number of aryl methyl sites for hydroxylation is 3. The molecule has 1 atom stereocenters. The second kappa shape index (κ2) is 7.75. The summed E-state index contributed by atoms with van der Waals surface area (Å²) >= 11 is 0. The second-order valence-electron chi connectivity index (χ2n) is 8.34. The fourth-order valence-electron chi connectivity index (χ4n) is 4.35. The van der Waals surface area contributed by atoms with Crippen molar-refractivity contribution in [2.75, 3.05) is 13.1 Å². The summed E-state index contributed by atoms with van der Waals surface area (Å²) in [7, 11) is 1.60. The van der Waals surface area contributed by atoms with Crippen LogP contribution in [-0.4, -0.2) is 38.6 Å². The van der Waals surface area contributed by atoms with Gasteiger partial charge in [0.05, 0.1) is 22.3 Å². The molecule has 170 valence electrons. The first-order chi connectivity index (χ1) is 15.0. The third kappa shape index (κ3) is 3.67. The Hall–Kier alpha value is -3.17. The number of piperidine rings is 1. The zero-order chi connectivity index (χ0) is 23.4. The minimum atomic E-state index is -4.60. The van der Waals surface area contributed by atoms with E-state index in [0.29, 0.717) is 24.9 Å². The Morgan fingerprint density at radius 3 is 2.62 bits per heavy atom. The molecule has 1 aliphatic heterocycles. The van der Waals surface area contributed by atoms with Crippen LogP contribution in [0.2, 0.25) is 0 Å². The Balaban J connectivity index is 1.70. The number of alkyl halides is 3. The van der Waals surface area contributed by atoms with Crippen molar-refractivity contribution in [1.29, 1.82) is 0 Å². The summed E-state index contributed by atoms with van der Waals surface area (Å²) in [6, 6.07) is 2.80. The number of halogens is 3. The number of hydrogen-bond donors (Lipinski definition) is 0. The Morgan fingerprint density at radius 1 is 1.22 bits per heavy atom. The van der Waals surface area contributed by atoms with Gasteiger partial charge >= 0.3 is 6.18 Å². The van der Waals surface area contributed by atoms with Gasteiger partial charge in [-0.2, -0.15) is 13.2 Å². The largest absolute Gasteiger partial charge is 0.417 e. The van der Waals surface area contributed by atoms with Gasteiger partial charge in [0.2, 0.25) is 0 Å².